The van der Waals surface area contributed by atoms with Gasteiger partial charge in [-0.1, -0.05) is 12.1 Å². The van der Waals surface area contributed by atoms with Gasteiger partial charge in [0, 0.05) is 11.3 Å². The smallest absolute Gasteiger partial charge is 0.337 e. The Morgan fingerprint density at radius 2 is 1.62 bits per heavy atom. The summed E-state index contributed by atoms with van der Waals surface area (Å²) in [6.07, 6.45) is 0. The van der Waals surface area contributed by atoms with E-state index in [0.29, 0.717) is 39.2 Å². The molecule has 7 heteroatoms. The van der Waals surface area contributed by atoms with Crippen molar-refractivity contribution in [2.24, 2.45) is 0 Å². The van der Waals surface area contributed by atoms with Crippen LogP contribution < -0.4 is 10.9 Å². The molecule has 0 aliphatic rings. The first kappa shape index (κ1) is 21.0. The maximum absolute atomic E-state index is 13.0. The Morgan fingerprint density at radius 3 is 2.31 bits per heavy atom. The van der Waals surface area contributed by atoms with Gasteiger partial charge in [0.15, 0.2) is 0 Å². The normalized spacial score (nSPS) is 10.7. The number of nitrogens with one attached hydrogen (secondary N) is 1. The van der Waals surface area contributed by atoms with E-state index in [1.165, 1.54) is 11.7 Å². The molecule has 1 aromatic heterocycles. The van der Waals surface area contributed by atoms with Crippen LogP contribution in [0.15, 0.2) is 71.5 Å². The summed E-state index contributed by atoms with van der Waals surface area (Å²) < 4.78 is 6.24. The average Bonchev–Trinajstić information content (AvgIpc) is 2.80. The fraction of sp³-hybridized carbons (Fsp3) is 0.120. The minimum Gasteiger partial charge on any atom is -0.465 e. The van der Waals surface area contributed by atoms with Crippen molar-refractivity contribution >= 4 is 28.5 Å². The quantitative estimate of drug-likeness (QED) is 0.497. The number of amides is 1. The summed E-state index contributed by atoms with van der Waals surface area (Å²) in [4.78, 5) is 41.8. The number of methoxy groups -OCH3 is 1. The van der Waals surface area contributed by atoms with E-state index >= 15 is 0 Å². The first-order chi connectivity index (χ1) is 15.4. The van der Waals surface area contributed by atoms with Crippen LogP contribution in [0.2, 0.25) is 0 Å². The second kappa shape index (κ2) is 8.47. The number of benzene rings is 3. The predicted molar refractivity (Wildman–Crippen MR) is 123 cm³/mol. The summed E-state index contributed by atoms with van der Waals surface area (Å²) in [6, 6.07) is 18.9. The zero-order chi connectivity index (χ0) is 22.8. The molecule has 1 amide bonds. The van der Waals surface area contributed by atoms with Gasteiger partial charge < -0.3 is 10.1 Å². The lowest BCUT2D eigenvalue weighted by Crippen LogP contribution is -2.22. The average molecular weight is 427 g/mol. The molecule has 1 N–H and O–H groups in total. The highest BCUT2D eigenvalue weighted by atomic mass is 16.5. The van der Waals surface area contributed by atoms with Crippen molar-refractivity contribution in [1.29, 1.82) is 0 Å². The van der Waals surface area contributed by atoms with E-state index in [0.717, 1.165) is 5.56 Å². The maximum atomic E-state index is 13.0. The van der Waals surface area contributed by atoms with Crippen molar-refractivity contribution in [3.8, 4) is 5.69 Å². The molecule has 0 saturated heterocycles. The van der Waals surface area contributed by atoms with Gasteiger partial charge in [0.1, 0.15) is 5.82 Å². The second-order valence-electron chi connectivity index (χ2n) is 7.34. The summed E-state index contributed by atoms with van der Waals surface area (Å²) >= 11 is 0. The lowest BCUT2D eigenvalue weighted by atomic mass is 10.1. The molecular formula is C25H21N3O4. The minimum atomic E-state index is -0.435. The third-order valence-electron chi connectivity index (χ3n) is 5.23. The van der Waals surface area contributed by atoms with Crippen molar-refractivity contribution < 1.29 is 14.3 Å². The number of para-hydroxylation sites is 1. The van der Waals surface area contributed by atoms with Crippen LogP contribution in [-0.4, -0.2) is 28.5 Å². The number of anilines is 1. The Kier molecular flexibility index (Phi) is 5.55. The summed E-state index contributed by atoms with van der Waals surface area (Å²) in [7, 11) is 1.32. The number of hydrogen-bond donors (Lipinski definition) is 1. The molecule has 0 atom stereocenters. The van der Waals surface area contributed by atoms with Gasteiger partial charge in [0.25, 0.3) is 11.5 Å². The molecule has 1 heterocycles. The van der Waals surface area contributed by atoms with Gasteiger partial charge in [-0.3, -0.25) is 14.2 Å². The highest BCUT2D eigenvalue weighted by molar-refractivity contribution is 6.05. The van der Waals surface area contributed by atoms with Crippen LogP contribution in [0.5, 0.6) is 0 Å². The lowest BCUT2D eigenvalue weighted by molar-refractivity contribution is 0.0600. The third-order valence-corrected chi connectivity index (χ3v) is 5.23. The zero-order valence-electron chi connectivity index (χ0n) is 17.9. The summed E-state index contributed by atoms with van der Waals surface area (Å²) in [5.74, 6) is -0.173. The van der Waals surface area contributed by atoms with Gasteiger partial charge in [-0.15, -0.1) is 0 Å². The Hall–Kier alpha value is -4.26. The van der Waals surface area contributed by atoms with E-state index in [-0.39, 0.29) is 11.5 Å². The summed E-state index contributed by atoms with van der Waals surface area (Å²) in [5, 5.41) is 3.38. The van der Waals surface area contributed by atoms with Gasteiger partial charge in [-0.2, -0.15) is 0 Å². The molecule has 4 aromatic rings. The van der Waals surface area contributed by atoms with Crippen LogP contribution in [0.25, 0.3) is 16.6 Å². The van der Waals surface area contributed by atoms with Crippen LogP contribution in [0.4, 0.5) is 5.69 Å². The molecule has 0 radical (unpaired) electrons. The lowest BCUT2D eigenvalue weighted by Gasteiger charge is -2.12. The third kappa shape index (κ3) is 3.88. The number of ether oxygens (including phenoxy) is 1. The van der Waals surface area contributed by atoms with Crippen LogP contribution in [0.1, 0.15) is 32.1 Å². The summed E-state index contributed by atoms with van der Waals surface area (Å²) in [5.41, 5.74) is 3.30. The highest BCUT2D eigenvalue weighted by Gasteiger charge is 2.13. The fourth-order valence-electron chi connectivity index (χ4n) is 3.55. The Bertz CT molecular complexity index is 1410. The highest BCUT2D eigenvalue weighted by Crippen LogP contribution is 2.19. The number of nitrogens with zero attached hydrogens (tertiary/aromatic N) is 2. The number of fused-ring (bicyclic) bond motifs is 1. The topological polar surface area (TPSA) is 90.3 Å². The number of hydrogen-bond acceptors (Lipinski definition) is 5. The van der Waals surface area contributed by atoms with Crippen molar-refractivity contribution in [1.82, 2.24) is 9.55 Å². The molecule has 0 bridgehead atoms. The van der Waals surface area contributed by atoms with Gasteiger partial charge >= 0.3 is 5.97 Å². The standard InChI is InChI=1S/C25H21N3O4/c1-15-14-18(25(31)32-3)10-13-21(15)27-23(29)17-8-11-19(12-9-17)28-16(2)26-22-7-5-4-6-20(22)24(28)30/h4-14H,1-3H3,(H,27,29). The van der Waals surface area contributed by atoms with E-state index in [1.54, 1.807) is 74.5 Å². The molecule has 7 nitrogen and oxygen atoms in total. The number of aryl methyl sites for hydroxylation is 2. The van der Waals surface area contributed by atoms with Gasteiger partial charge in [0.2, 0.25) is 0 Å². The van der Waals surface area contributed by atoms with Crippen LogP contribution in [-0.2, 0) is 4.74 Å². The summed E-state index contributed by atoms with van der Waals surface area (Å²) in [6.45, 7) is 3.57. The number of carbonyl (C=O) groups excluding carboxylic acids is 2. The van der Waals surface area contributed by atoms with Crippen molar-refractivity contribution in [2.45, 2.75) is 13.8 Å². The largest absolute Gasteiger partial charge is 0.465 e. The van der Waals surface area contributed by atoms with Gasteiger partial charge in [0.05, 0.1) is 29.3 Å². The van der Waals surface area contributed by atoms with Gasteiger partial charge in [-0.05, 0) is 74.0 Å². The van der Waals surface area contributed by atoms with E-state index < -0.39 is 5.97 Å². The van der Waals surface area contributed by atoms with Crippen LogP contribution in [0.3, 0.4) is 0 Å². The van der Waals surface area contributed by atoms with E-state index in [4.69, 9.17) is 4.74 Å². The molecule has 4 rings (SSSR count). The fourth-order valence-corrected chi connectivity index (χ4v) is 3.55. The molecule has 0 spiro atoms. The molecule has 0 fully saturated rings. The zero-order valence-corrected chi connectivity index (χ0v) is 17.9. The molecule has 0 unspecified atom stereocenters. The van der Waals surface area contributed by atoms with Crippen LogP contribution in [0, 0.1) is 13.8 Å². The molecule has 3 aromatic carbocycles. The van der Waals surface area contributed by atoms with Crippen molar-refractivity contribution in [3.63, 3.8) is 0 Å². The van der Waals surface area contributed by atoms with E-state index in [1.807, 2.05) is 6.07 Å². The Morgan fingerprint density at radius 1 is 0.938 bits per heavy atom. The van der Waals surface area contributed by atoms with Gasteiger partial charge in [-0.25, -0.2) is 9.78 Å². The maximum Gasteiger partial charge on any atom is 0.337 e. The number of aromatic nitrogens is 2. The molecule has 32 heavy (non-hydrogen) atoms. The SMILES string of the molecule is COC(=O)c1ccc(NC(=O)c2ccc(-n3c(C)nc4ccccc4c3=O)cc2)c(C)c1. The first-order valence-corrected chi connectivity index (χ1v) is 9.98. The Balaban J connectivity index is 1.60. The van der Waals surface area contributed by atoms with Crippen LogP contribution >= 0.6 is 0 Å². The monoisotopic (exact) mass is 427 g/mol. The molecule has 0 aliphatic heterocycles. The number of carbonyl (C=O) groups is 2. The Labute approximate surface area is 184 Å². The molecule has 0 saturated carbocycles. The van der Waals surface area contributed by atoms with Crippen molar-refractivity contribution in [2.75, 3.05) is 12.4 Å². The van der Waals surface area contributed by atoms with E-state index in [2.05, 4.69) is 10.3 Å². The number of rotatable bonds is 4. The van der Waals surface area contributed by atoms with Crippen molar-refractivity contribution in [3.05, 3.63) is 99.6 Å². The first-order valence-electron chi connectivity index (χ1n) is 9.98. The molecular weight excluding hydrogens is 406 g/mol. The molecule has 160 valence electrons. The second-order valence-corrected chi connectivity index (χ2v) is 7.34. The molecule has 0 aliphatic carbocycles. The van der Waals surface area contributed by atoms with E-state index in [9.17, 15) is 14.4 Å². The predicted octanol–water partition coefficient (Wildman–Crippen LogP) is 4.04. The minimum absolute atomic E-state index is 0.161. The number of esters is 1.